The van der Waals surface area contributed by atoms with Crippen LogP contribution >= 0.6 is 15.9 Å². The largest absolute Gasteiger partial charge is 0.493 e. The molecule has 0 N–H and O–H groups in total. The molecule has 5 heteroatoms. The highest BCUT2D eigenvalue weighted by Gasteiger charge is 2.16. The van der Waals surface area contributed by atoms with E-state index in [0.29, 0.717) is 5.75 Å². The van der Waals surface area contributed by atoms with Gasteiger partial charge in [0.15, 0.2) is 11.5 Å². The lowest BCUT2D eigenvalue weighted by molar-refractivity contribution is 0.353. The molecule has 0 bridgehead atoms. The van der Waals surface area contributed by atoms with E-state index in [2.05, 4.69) is 21.1 Å². The Morgan fingerprint density at radius 3 is 2.39 bits per heavy atom. The Kier molecular flexibility index (Phi) is 4.39. The molecule has 2 aromatic carbocycles. The van der Waals surface area contributed by atoms with Crippen LogP contribution in [0.5, 0.6) is 11.5 Å². The topological polar surface area (TPSA) is 44.5 Å². The van der Waals surface area contributed by atoms with E-state index in [1.54, 1.807) is 20.5 Å². The maximum Gasteiger partial charge on any atom is 0.163 e. The van der Waals surface area contributed by atoms with Crippen molar-refractivity contribution in [3.63, 3.8) is 0 Å². The van der Waals surface area contributed by atoms with Crippen LogP contribution in [0.15, 0.2) is 51.7 Å². The summed E-state index contributed by atoms with van der Waals surface area (Å²) in [6.07, 6.45) is 1.65. The molecule has 4 nitrogen and oxygen atoms in total. The van der Waals surface area contributed by atoms with E-state index in [9.17, 15) is 0 Å². The van der Waals surface area contributed by atoms with E-state index in [1.807, 2.05) is 43.3 Å². The molecular formula is C18H16BrNO3. The molecular weight excluding hydrogens is 358 g/mol. The van der Waals surface area contributed by atoms with Gasteiger partial charge in [-0.05, 0) is 42.3 Å². The van der Waals surface area contributed by atoms with Crippen molar-refractivity contribution in [1.29, 1.82) is 0 Å². The summed E-state index contributed by atoms with van der Waals surface area (Å²) in [7, 11) is 3.27. The summed E-state index contributed by atoms with van der Waals surface area (Å²) < 4.78 is 17.1. The molecule has 0 fully saturated rings. The Morgan fingerprint density at radius 2 is 1.74 bits per heavy atom. The maximum atomic E-state index is 5.43. The van der Waals surface area contributed by atoms with Crippen LogP contribution in [0.25, 0.3) is 22.4 Å². The van der Waals surface area contributed by atoms with Crippen molar-refractivity contribution >= 4 is 15.9 Å². The normalized spacial score (nSPS) is 10.6. The number of aromatic nitrogens is 1. The lowest BCUT2D eigenvalue weighted by atomic mass is 9.99. The van der Waals surface area contributed by atoms with Crippen LogP contribution in [0, 0.1) is 6.92 Å². The molecule has 0 aliphatic carbocycles. The van der Waals surface area contributed by atoms with Gasteiger partial charge >= 0.3 is 0 Å². The van der Waals surface area contributed by atoms with Gasteiger partial charge in [-0.15, -0.1) is 0 Å². The van der Waals surface area contributed by atoms with Crippen LogP contribution in [0.2, 0.25) is 0 Å². The highest BCUT2D eigenvalue weighted by atomic mass is 79.9. The van der Waals surface area contributed by atoms with Gasteiger partial charge in [-0.25, -0.2) is 0 Å². The van der Waals surface area contributed by atoms with E-state index in [0.717, 1.165) is 38.2 Å². The molecule has 3 rings (SSSR count). The van der Waals surface area contributed by atoms with Gasteiger partial charge in [0, 0.05) is 15.6 Å². The van der Waals surface area contributed by atoms with Crippen molar-refractivity contribution in [2.45, 2.75) is 6.92 Å². The van der Waals surface area contributed by atoms with E-state index in [1.165, 1.54) is 0 Å². The fraction of sp³-hybridized carbons (Fsp3) is 0.167. The highest BCUT2D eigenvalue weighted by molar-refractivity contribution is 9.10. The van der Waals surface area contributed by atoms with Gasteiger partial charge in [0.25, 0.3) is 0 Å². The minimum atomic E-state index is 0.686. The summed E-state index contributed by atoms with van der Waals surface area (Å²) in [5.74, 6) is 1.42. The number of hydrogen-bond donors (Lipinski definition) is 0. The third-order valence-corrected chi connectivity index (χ3v) is 4.19. The second kappa shape index (κ2) is 6.46. The number of ether oxygens (including phenoxy) is 2. The number of halogens is 1. The Morgan fingerprint density at radius 1 is 1.00 bits per heavy atom. The van der Waals surface area contributed by atoms with Gasteiger partial charge in [-0.1, -0.05) is 33.2 Å². The van der Waals surface area contributed by atoms with E-state index in [4.69, 9.17) is 14.0 Å². The van der Waals surface area contributed by atoms with Crippen molar-refractivity contribution in [2.24, 2.45) is 0 Å². The van der Waals surface area contributed by atoms with Crippen LogP contribution in [0.4, 0.5) is 0 Å². The SMILES string of the molecule is COc1cc(-c2conc2-c2ccc(Br)cc2)cc(C)c1OC. The molecule has 0 atom stereocenters. The standard InChI is InChI=1S/C18H16BrNO3/c1-11-8-13(9-16(21-2)18(11)22-3)15-10-23-20-17(15)12-4-6-14(19)7-5-12/h4-10H,1-3H3. The number of nitrogens with zero attached hydrogens (tertiary/aromatic N) is 1. The molecule has 0 radical (unpaired) electrons. The van der Waals surface area contributed by atoms with Crippen LogP contribution in [-0.2, 0) is 0 Å². The van der Waals surface area contributed by atoms with Crippen molar-refractivity contribution in [3.8, 4) is 33.9 Å². The number of aryl methyl sites for hydroxylation is 1. The lowest BCUT2D eigenvalue weighted by Crippen LogP contribution is -1.94. The van der Waals surface area contributed by atoms with Crippen molar-refractivity contribution in [3.05, 3.63) is 52.7 Å². The molecule has 0 aliphatic rings. The first-order valence-corrected chi connectivity index (χ1v) is 7.86. The molecule has 1 aromatic heterocycles. The third kappa shape index (κ3) is 2.97. The summed E-state index contributed by atoms with van der Waals surface area (Å²) in [6, 6.07) is 11.9. The lowest BCUT2D eigenvalue weighted by Gasteiger charge is -2.12. The minimum Gasteiger partial charge on any atom is -0.493 e. The van der Waals surface area contributed by atoms with E-state index in [-0.39, 0.29) is 0 Å². The molecule has 0 saturated heterocycles. The first kappa shape index (κ1) is 15.6. The molecule has 0 saturated carbocycles. The molecule has 0 amide bonds. The fourth-order valence-corrected chi connectivity index (χ4v) is 2.83. The number of rotatable bonds is 4. The minimum absolute atomic E-state index is 0.686. The molecule has 23 heavy (non-hydrogen) atoms. The fourth-order valence-electron chi connectivity index (χ4n) is 2.57. The Bertz CT molecular complexity index is 825. The zero-order chi connectivity index (χ0) is 16.4. The second-order valence-corrected chi connectivity index (χ2v) is 6.03. The second-order valence-electron chi connectivity index (χ2n) is 5.11. The Hall–Kier alpha value is -2.27. The predicted octanol–water partition coefficient (Wildman–Crippen LogP) is 5.10. The summed E-state index contributed by atoms with van der Waals surface area (Å²) in [4.78, 5) is 0. The van der Waals surface area contributed by atoms with Gasteiger partial charge in [-0.3, -0.25) is 0 Å². The van der Waals surface area contributed by atoms with Crippen molar-refractivity contribution < 1.29 is 14.0 Å². The molecule has 0 unspecified atom stereocenters. The highest BCUT2D eigenvalue weighted by Crippen LogP contribution is 2.39. The molecule has 3 aromatic rings. The zero-order valence-electron chi connectivity index (χ0n) is 13.1. The first-order valence-electron chi connectivity index (χ1n) is 7.07. The van der Waals surface area contributed by atoms with Crippen molar-refractivity contribution in [2.75, 3.05) is 14.2 Å². The molecule has 0 aliphatic heterocycles. The van der Waals surface area contributed by atoms with Crippen LogP contribution in [0.1, 0.15) is 5.56 Å². The number of benzene rings is 2. The molecule has 1 heterocycles. The maximum absolute atomic E-state index is 5.43. The monoisotopic (exact) mass is 373 g/mol. The smallest absolute Gasteiger partial charge is 0.163 e. The van der Waals surface area contributed by atoms with Crippen LogP contribution in [-0.4, -0.2) is 19.4 Å². The average molecular weight is 374 g/mol. The first-order chi connectivity index (χ1) is 11.1. The van der Waals surface area contributed by atoms with E-state index >= 15 is 0 Å². The summed E-state index contributed by atoms with van der Waals surface area (Å²) in [6.45, 7) is 1.98. The van der Waals surface area contributed by atoms with Gasteiger partial charge < -0.3 is 14.0 Å². The molecule has 118 valence electrons. The van der Waals surface area contributed by atoms with Crippen LogP contribution in [0.3, 0.4) is 0 Å². The van der Waals surface area contributed by atoms with Gasteiger partial charge in [0.1, 0.15) is 12.0 Å². The summed E-state index contributed by atoms with van der Waals surface area (Å²) in [5.41, 5.74) is 4.66. The van der Waals surface area contributed by atoms with Crippen molar-refractivity contribution in [1.82, 2.24) is 5.16 Å². The van der Waals surface area contributed by atoms with Gasteiger partial charge in [-0.2, -0.15) is 0 Å². The number of hydrogen-bond acceptors (Lipinski definition) is 4. The Labute approximate surface area is 143 Å². The van der Waals surface area contributed by atoms with Gasteiger partial charge in [0.2, 0.25) is 0 Å². The third-order valence-electron chi connectivity index (χ3n) is 3.66. The summed E-state index contributed by atoms with van der Waals surface area (Å²) in [5, 5.41) is 4.16. The number of methoxy groups -OCH3 is 2. The molecule has 0 spiro atoms. The van der Waals surface area contributed by atoms with Crippen LogP contribution < -0.4 is 9.47 Å². The average Bonchev–Trinajstić information content (AvgIpc) is 3.04. The predicted molar refractivity (Wildman–Crippen MR) is 92.9 cm³/mol. The van der Waals surface area contributed by atoms with Gasteiger partial charge in [0.05, 0.1) is 14.2 Å². The Balaban J connectivity index is 2.12. The quantitative estimate of drug-likeness (QED) is 0.638. The van der Waals surface area contributed by atoms with E-state index < -0.39 is 0 Å². The summed E-state index contributed by atoms with van der Waals surface area (Å²) >= 11 is 3.44. The zero-order valence-corrected chi connectivity index (χ0v) is 14.7.